The average molecular weight is 661 g/mol. The van der Waals surface area contributed by atoms with Crippen LogP contribution >= 0.6 is 11.3 Å². The van der Waals surface area contributed by atoms with Gasteiger partial charge < -0.3 is 14.5 Å². The van der Waals surface area contributed by atoms with E-state index in [1.165, 1.54) is 18.4 Å². The highest BCUT2D eigenvalue weighted by Gasteiger charge is 2.41. The van der Waals surface area contributed by atoms with Crippen LogP contribution in [0.4, 0.5) is 5.82 Å². The van der Waals surface area contributed by atoms with E-state index < -0.39 is 0 Å². The molecule has 1 N–H and O–H groups in total. The van der Waals surface area contributed by atoms with Crippen molar-refractivity contribution in [2.45, 2.75) is 89.9 Å². The van der Waals surface area contributed by atoms with Crippen molar-refractivity contribution in [3.63, 3.8) is 0 Å². The van der Waals surface area contributed by atoms with Gasteiger partial charge in [0, 0.05) is 48.5 Å². The van der Waals surface area contributed by atoms with Gasteiger partial charge in [0.05, 0.1) is 40.1 Å². The minimum absolute atomic E-state index is 0.0179. The maximum atomic E-state index is 14.2. The minimum Gasteiger partial charge on any atom is -0.421 e. The van der Waals surface area contributed by atoms with Gasteiger partial charge in [-0.2, -0.15) is 0 Å². The second-order valence-electron chi connectivity index (χ2n) is 14.0. The Labute approximate surface area is 280 Å². The van der Waals surface area contributed by atoms with E-state index in [-0.39, 0.29) is 17.0 Å². The number of pyridine rings is 3. The molecule has 0 aromatic carbocycles. The predicted octanol–water partition coefficient (Wildman–Crippen LogP) is 6.62. The number of aromatic nitrogens is 7. The van der Waals surface area contributed by atoms with Crippen LogP contribution in [0.15, 0.2) is 45.9 Å². The fourth-order valence-electron chi connectivity index (χ4n) is 8.67. The van der Waals surface area contributed by atoms with Gasteiger partial charge in [0.1, 0.15) is 5.82 Å². The summed E-state index contributed by atoms with van der Waals surface area (Å²) in [5, 5.41) is 14.2. The lowest BCUT2D eigenvalue weighted by Crippen LogP contribution is -2.42. The topological polar surface area (TPSA) is 126 Å². The molecule has 0 spiro atoms. The highest BCUT2D eigenvalue weighted by Crippen LogP contribution is 2.49. The van der Waals surface area contributed by atoms with Crippen LogP contribution in [-0.4, -0.2) is 47.2 Å². The lowest BCUT2D eigenvalue weighted by Gasteiger charge is -2.46. The molecule has 0 radical (unpaired) electrons. The third kappa shape index (κ3) is 4.41. The molecule has 0 amide bonds. The molecule has 9 heterocycles. The Bertz CT molecular complexity index is 2280. The second kappa shape index (κ2) is 10.8. The normalized spacial score (nSPS) is 22.9. The highest BCUT2D eigenvalue weighted by molar-refractivity contribution is 7.23. The van der Waals surface area contributed by atoms with Crippen LogP contribution in [-0.2, 0) is 30.7 Å². The maximum Gasteiger partial charge on any atom is 0.276 e. The molecule has 0 unspecified atom stereocenters. The molecular formula is C36H36N8O3S. The summed E-state index contributed by atoms with van der Waals surface area (Å²) in [5.74, 6) is 1.73. The number of hydrogen-bond donors (Lipinski definition) is 1. The summed E-state index contributed by atoms with van der Waals surface area (Å²) in [6.45, 7) is 4.07. The smallest absolute Gasteiger partial charge is 0.276 e. The van der Waals surface area contributed by atoms with E-state index in [1.54, 1.807) is 18.3 Å². The predicted molar refractivity (Wildman–Crippen MR) is 183 cm³/mol. The minimum atomic E-state index is -0.0179. The number of aryl methyl sites for hydroxylation is 4. The lowest BCUT2D eigenvalue weighted by molar-refractivity contribution is -0.117. The molecule has 1 atom stereocenters. The van der Waals surface area contributed by atoms with Crippen LogP contribution in [0.25, 0.3) is 43.0 Å². The van der Waals surface area contributed by atoms with Crippen LogP contribution in [0.2, 0.25) is 0 Å². The van der Waals surface area contributed by atoms with Gasteiger partial charge in [-0.1, -0.05) is 6.07 Å². The van der Waals surface area contributed by atoms with Gasteiger partial charge in [-0.15, -0.1) is 21.5 Å². The summed E-state index contributed by atoms with van der Waals surface area (Å²) in [6, 6.07) is 8.54. The van der Waals surface area contributed by atoms with E-state index in [0.29, 0.717) is 29.8 Å². The largest absolute Gasteiger partial charge is 0.421 e. The first-order valence-electron chi connectivity index (χ1n) is 17.2. The van der Waals surface area contributed by atoms with Crippen molar-refractivity contribution in [2.24, 2.45) is 5.41 Å². The molecule has 3 aliphatic heterocycles. The van der Waals surface area contributed by atoms with Crippen molar-refractivity contribution >= 4 is 38.3 Å². The molecule has 6 aromatic heterocycles. The standard InChI is InChI=1S/C36H36N8O3S/c1-20-41-42-34(47-20)28-26(9-13-36-11-7-22(8-12-36)46-19-36)40-33-30(35(45)44-17-3-16-43(33)44)29(28)27-18-21-10-15-38-32(31(21)48-27)39-25-6-5-24-23(25)4-2-14-37-24/h2,4,10,14-15,18,22,25H,3,5-9,11-13,16-17,19H2,1H3,(H,38,39)/t22?,25-,36?/m1/s1. The van der Waals surface area contributed by atoms with Gasteiger partial charge in [0.2, 0.25) is 11.8 Å². The van der Waals surface area contributed by atoms with Gasteiger partial charge in [-0.25, -0.2) is 14.6 Å². The number of anilines is 1. The molecule has 48 heavy (non-hydrogen) atoms. The van der Waals surface area contributed by atoms with Crippen molar-refractivity contribution in [1.29, 1.82) is 0 Å². The van der Waals surface area contributed by atoms with Crippen molar-refractivity contribution in [2.75, 3.05) is 11.9 Å². The molecule has 11 rings (SSSR count). The molecule has 2 aliphatic carbocycles. The molecule has 12 heteroatoms. The molecular weight excluding hydrogens is 625 g/mol. The van der Waals surface area contributed by atoms with E-state index in [2.05, 4.69) is 37.3 Å². The lowest BCUT2D eigenvalue weighted by atomic mass is 9.68. The first-order valence-corrected chi connectivity index (χ1v) is 18.0. The summed E-state index contributed by atoms with van der Waals surface area (Å²) in [6.07, 6.45) is 13.3. The fourth-order valence-corrected chi connectivity index (χ4v) is 9.84. The van der Waals surface area contributed by atoms with Crippen molar-refractivity contribution in [1.82, 2.24) is 34.5 Å². The summed E-state index contributed by atoms with van der Waals surface area (Å²) in [4.78, 5) is 29.9. The van der Waals surface area contributed by atoms with Crippen molar-refractivity contribution in [3.8, 4) is 21.9 Å². The summed E-state index contributed by atoms with van der Waals surface area (Å²) < 4.78 is 17.4. The molecule has 244 valence electrons. The first kappa shape index (κ1) is 28.6. The molecule has 11 nitrogen and oxygen atoms in total. The Kier molecular flexibility index (Phi) is 6.43. The third-order valence-electron chi connectivity index (χ3n) is 11.2. The SMILES string of the molecule is Cc1nnc(-c2c(CCC34CCC(CC3)OC4)nc3c(c2-c2cc4ccnc(N[C@@H]5CCc6ncccc65)c4s2)c(=O)n2n3CCC2)o1. The van der Waals surface area contributed by atoms with E-state index in [0.717, 1.165) is 107 Å². The Balaban J connectivity index is 1.16. The van der Waals surface area contributed by atoms with Gasteiger partial charge in [0.25, 0.3) is 5.56 Å². The fraction of sp³-hybridized carbons (Fsp3) is 0.444. The third-order valence-corrected chi connectivity index (χ3v) is 12.4. The van der Waals surface area contributed by atoms with E-state index in [1.807, 2.05) is 29.2 Å². The molecule has 6 aromatic rings. The number of nitrogens with zero attached hydrogens (tertiary/aromatic N) is 7. The van der Waals surface area contributed by atoms with Gasteiger partial charge in [-0.3, -0.25) is 14.5 Å². The van der Waals surface area contributed by atoms with Crippen LogP contribution in [0, 0.1) is 12.3 Å². The van der Waals surface area contributed by atoms with Crippen LogP contribution < -0.4 is 10.9 Å². The van der Waals surface area contributed by atoms with Crippen LogP contribution in [0.3, 0.4) is 0 Å². The average Bonchev–Trinajstić information content (AvgIpc) is 3.96. The number of fused-ring (bicyclic) bond motifs is 8. The van der Waals surface area contributed by atoms with E-state index in [9.17, 15) is 4.79 Å². The summed E-state index contributed by atoms with van der Waals surface area (Å²) >= 11 is 1.65. The van der Waals surface area contributed by atoms with Crippen LogP contribution in [0.5, 0.6) is 0 Å². The highest BCUT2D eigenvalue weighted by atomic mass is 32.1. The Morgan fingerprint density at radius 3 is 2.79 bits per heavy atom. The van der Waals surface area contributed by atoms with Gasteiger partial charge in [0.15, 0.2) is 5.65 Å². The number of hydrogen-bond acceptors (Lipinski definition) is 10. The van der Waals surface area contributed by atoms with Crippen LogP contribution in [0.1, 0.15) is 73.8 Å². The molecule has 3 fully saturated rings. The van der Waals surface area contributed by atoms with Gasteiger partial charge >= 0.3 is 0 Å². The Morgan fingerprint density at radius 1 is 1.06 bits per heavy atom. The van der Waals surface area contributed by atoms with Crippen molar-refractivity contribution < 1.29 is 9.15 Å². The quantitative estimate of drug-likeness (QED) is 0.201. The number of rotatable bonds is 7. The molecule has 1 saturated carbocycles. The van der Waals surface area contributed by atoms with E-state index in [4.69, 9.17) is 19.1 Å². The molecule has 2 saturated heterocycles. The van der Waals surface area contributed by atoms with Gasteiger partial charge in [-0.05, 0) is 92.4 Å². The monoisotopic (exact) mass is 660 g/mol. The second-order valence-corrected chi connectivity index (χ2v) is 15.1. The summed E-state index contributed by atoms with van der Waals surface area (Å²) in [5.41, 5.74) is 5.78. The Hall–Kier alpha value is -4.42. The van der Waals surface area contributed by atoms with Crippen molar-refractivity contribution in [3.05, 3.63) is 69.9 Å². The molecule has 2 bridgehead atoms. The van der Waals surface area contributed by atoms with E-state index >= 15 is 0 Å². The Morgan fingerprint density at radius 2 is 1.96 bits per heavy atom. The molecule has 5 aliphatic rings. The number of nitrogens with one attached hydrogen (secondary N) is 1. The zero-order valence-corrected chi connectivity index (χ0v) is 27.7. The summed E-state index contributed by atoms with van der Waals surface area (Å²) in [7, 11) is 0. The zero-order chi connectivity index (χ0) is 32.0. The maximum absolute atomic E-state index is 14.2. The number of ether oxygens (including phenoxy) is 1. The number of thiophene rings is 1. The zero-order valence-electron chi connectivity index (χ0n) is 26.9. The first-order chi connectivity index (χ1) is 23.5.